The van der Waals surface area contributed by atoms with Crippen molar-refractivity contribution >= 4 is 29.1 Å². The summed E-state index contributed by atoms with van der Waals surface area (Å²) in [7, 11) is 0. The molecule has 0 N–H and O–H groups in total. The second kappa shape index (κ2) is 8.16. The maximum absolute atomic E-state index is 13.9. The van der Waals surface area contributed by atoms with Gasteiger partial charge in [-0.2, -0.15) is 0 Å². The van der Waals surface area contributed by atoms with Crippen molar-refractivity contribution in [1.29, 1.82) is 0 Å². The highest BCUT2D eigenvalue weighted by Gasteiger charge is 2.46. The van der Waals surface area contributed by atoms with Gasteiger partial charge in [-0.05, 0) is 23.8 Å². The predicted molar refractivity (Wildman–Crippen MR) is 108 cm³/mol. The zero-order chi connectivity index (χ0) is 22.3. The molecule has 2 aliphatic rings. The molecule has 0 spiro atoms. The standard InChI is InChI=1S/C22H20ClF3N2O3/c1-22(25,26)15-4-2-13(3-5-15)9-28-19(29)10-27(16-6-7-17(23)18(24)8-16)21(30)20(28)14-11-31-12-14/h2-8,14,20H,9-12H2,1H3/t20-/m0/s1. The van der Waals surface area contributed by atoms with Gasteiger partial charge in [0.1, 0.15) is 18.4 Å². The number of hydrogen-bond donors (Lipinski definition) is 0. The summed E-state index contributed by atoms with van der Waals surface area (Å²) in [6, 6.07) is 8.85. The zero-order valence-electron chi connectivity index (χ0n) is 16.7. The van der Waals surface area contributed by atoms with Gasteiger partial charge in [0.2, 0.25) is 5.91 Å². The molecule has 2 fully saturated rings. The molecule has 0 aromatic heterocycles. The van der Waals surface area contributed by atoms with Crippen molar-refractivity contribution in [3.63, 3.8) is 0 Å². The molecular formula is C22H20ClF3N2O3. The van der Waals surface area contributed by atoms with Crippen molar-refractivity contribution in [1.82, 2.24) is 4.90 Å². The van der Waals surface area contributed by atoms with Crippen LogP contribution in [-0.2, 0) is 26.8 Å². The van der Waals surface area contributed by atoms with E-state index >= 15 is 0 Å². The number of amides is 2. The monoisotopic (exact) mass is 452 g/mol. The average molecular weight is 453 g/mol. The lowest BCUT2D eigenvalue weighted by molar-refractivity contribution is -0.154. The first-order chi connectivity index (χ1) is 14.6. The number of nitrogens with zero attached hydrogens (tertiary/aromatic N) is 2. The van der Waals surface area contributed by atoms with Crippen molar-refractivity contribution in [2.45, 2.75) is 25.4 Å². The van der Waals surface area contributed by atoms with Crippen molar-refractivity contribution in [3.8, 4) is 0 Å². The van der Waals surface area contributed by atoms with Gasteiger partial charge in [0.15, 0.2) is 0 Å². The van der Waals surface area contributed by atoms with Crippen molar-refractivity contribution in [3.05, 3.63) is 64.4 Å². The molecule has 31 heavy (non-hydrogen) atoms. The molecule has 0 unspecified atom stereocenters. The minimum absolute atomic E-state index is 0.0776. The Morgan fingerprint density at radius 1 is 1.13 bits per heavy atom. The van der Waals surface area contributed by atoms with Crippen LogP contribution in [0, 0.1) is 11.7 Å². The van der Waals surface area contributed by atoms with E-state index in [1.165, 1.54) is 46.2 Å². The van der Waals surface area contributed by atoms with Crippen molar-refractivity contribution in [2.24, 2.45) is 5.92 Å². The number of benzene rings is 2. The SMILES string of the molecule is CC(F)(F)c1ccc(CN2C(=O)CN(c3ccc(Cl)c(F)c3)C(=O)[C@@H]2C2COC2)cc1. The first-order valence-electron chi connectivity index (χ1n) is 9.76. The largest absolute Gasteiger partial charge is 0.380 e. The first kappa shape index (κ1) is 21.6. The zero-order valence-corrected chi connectivity index (χ0v) is 17.4. The molecular weight excluding hydrogens is 433 g/mol. The Morgan fingerprint density at radius 2 is 1.81 bits per heavy atom. The molecule has 5 nitrogen and oxygen atoms in total. The molecule has 0 saturated carbocycles. The summed E-state index contributed by atoms with van der Waals surface area (Å²) in [5, 5.41) is -0.0776. The summed E-state index contributed by atoms with van der Waals surface area (Å²) in [5.41, 5.74) is 0.752. The number of piperazine rings is 1. The highest BCUT2D eigenvalue weighted by molar-refractivity contribution is 6.30. The highest BCUT2D eigenvalue weighted by atomic mass is 35.5. The van der Waals surface area contributed by atoms with Crippen LogP contribution in [0.4, 0.5) is 18.9 Å². The normalized spacial score (nSPS) is 20.2. The van der Waals surface area contributed by atoms with Crippen LogP contribution in [0.3, 0.4) is 0 Å². The van der Waals surface area contributed by atoms with Gasteiger partial charge in [-0.25, -0.2) is 13.2 Å². The summed E-state index contributed by atoms with van der Waals surface area (Å²) in [4.78, 5) is 29.0. The summed E-state index contributed by atoms with van der Waals surface area (Å²) in [6.45, 7) is 1.31. The predicted octanol–water partition coefficient (Wildman–Crippen LogP) is 3.98. The molecule has 2 amide bonds. The number of rotatable bonds is 5. The number of carbonyl (C=O) groups excluding carboxylic acids is 2. The lowest BCUT2D eigenvalue weighted by Crippen LogP contribution is -2.64. The highest BCUT2D eigenvalue weighted by Crippen LogP contribution is 2.32. The van der Waals surface area contributed by atoms with Gasteiger partial charge in [0, 0.05) is 30.6 Å². The number of anilines is 1. The van der Waals surface area contributed by atoms with Crippen LogP contribution in [0.1, 0.15) is 18.1 Å². The summed E-state index contributed by atoms with van der Waals surface area (Å²) in [5.74, 6) is -4.51. The molecule has 0 radical (unpaired) electrons. The Kier molecular flexibility index (Phi) is 5.70. The maximum atomic E-state index is 13.9. The lowest BCUT2D eigenvalue weighted by Gasteiger charge is -2.45. The second-order valence-corrected chi connectivity index (χ2v) is 8.28. The van der Waals surface area contributed by atoms with E-state index in [-0.39, 0.29) is 47.1 Å². The van der Waals surface area contributed by atoms with E-state index in [9.17, 15) is 22.8 Å². The van der Waals surface area contributed by atoms with Crippen molar-refractivity contribution < 1.29 is 27.5 Å². The van der Waals surface area contributed by atoms with Crippen LogP contribution >= 0.6 is 11.6 Å². The van der Waals surface area contributed by atoms with Crippen LogP contribution in [0.5, 0.6) is 0 Å². The van der Waals surface area contributed by atoms with Crippen LogP contribution < -0.4 is 4.90 Å². The molecule has 1 atom stereocenters. The van der Waals surface area contributed by atoms with Gasteiger partial charge in [-0.1, -0.05) is 35.9 Å². The third-order valence-corrected chi connectivity index (χ3v) is 5.91. The molecule has 164 valence electrons. The van der Waals surface area contributed by atoms with Crippen molar-refractivity contribution in [2.75, 3.05) is 24.7 Å². The number of alkyl halides is 2. The van der Waals surface area contributed by atoms with E-state index in [0.29, 0.717) is 18.8 Å². The molecule has 2 aromatic rings. The molecule has 9 heteroatoms. The fraction of sp³-hybridized carbons (Fsp3) is 0.364. The van der Waals surface area contributed by atoms with E-state index in [4.69, 9.17) is 16.3 Å². The average Bonchev–Trinajstić information content (AvgIpc) is 2.67. The summed E-state index contributed by atoms with van der Waals surface area (Å²) < 4.78 is 46.1. The van der Waals surface area contributed by atoms with Crippen LogP contribution in [0.25, 0.3) is 0 Å². The smallest absolute Gasteiger partial charge is 0.270 e. The Hall–Kier alpha value is -2.58. The first-order valence-corrected chi connectivity index (χ1v) is 10.1. The van der Waals surface area contributed by atoms with E-state index < -0.39 is 17.8 Å². The molecule has 0 bridgehead atoms. The van der Waals surface area contributed by atoms with Gasteiger partial charge >= 0.3 is 0 Å². The minimum Gasteiger partial charge on any atom is -0.380 e. The Labute approximate surface area is 182 Å². The molecule has 0 aliphatic carbocycles. The Morgan fingerprint density at radius 3 is 2.35 bits per heavy atom. The van der Waals surface area contributed by atoms with Gasteiger partial charge < -0.3 is 14.5 Å². The molecule has 4 rings (SSSR count). The van der Waals surface area contributed by atoms with E-state index in [1.807, 2.05) is 0 Å². The van der Waals surface area contributed by atoms with E-state index in [0.717, 1.165) is 13.0 Å². The molecule has 2 saturated heterocycles. The van der Waals surface area contributed by atoms with Gasteiger partial charge in [0.05, 0.1) is 18.2 Å². The quantitative estimate of drug-likeness (QED) is 0.689. The van der Waals surface area contributed by atoms with Crippen LogP contribution in [0.15, 0.2) is 42.5 Å². The molecule has 2 heterocycles. The van der Waals surface area contributed by atoms with Gasteiger partial charge in [-0.3, -0.25) is 9.59 Å². The van der Waals surface area contributed by atoms with E-state index in [1.54, 1.807) is 0 Å². The third-order valence-electron chi connectivity index (χ3n) is 5.61. The number of halogens is 4. The fourth-order valence-corrected chi connectivity index (χ4v) is 3.92. The molecule has 2 aliphatic heterocycles. The minimum atomic E-state index is -2.96. The second-order valence-electron chi connectivity index (χ2n) is 7.87. The summed E-state index contributed by atoms with van der Waals surface area (Å²) >= 11 is 5.73. The molecule has 2 aromatic carbocycles. The number of ether oxygens (including phenoxy) is 1. The van der Waals surface area contributed by atoms with E-state index in [2.05, 4.69) is 0 Å². The summed E-state index contributed by atoms with van der Waals surface area (Å²) in [6.07, 6.45) is 0. The topological polar surface area (TPSA) is 49.9 Å². The third kappa shape index (κ3) is 4.27. The number of carbonyl (C=O) groups is 2. The van der Waals surface area contributed by atoms with Crippen LogP contribution in [-0.4, -0.2) is 42.5 Å². The Balaban J connectivity index is 1.60. The van der Waals surface area contributed by atoms with Gasteiger partial charge in [-0.15, -0.1) is 0 Å². The van der Waals surface area contributed by atoms with Crippen LogP contribution in [0.2, 0.25) is 5.02 Å². The lowest BCUT2D eigenvalue weighted by atomic mass is 9.92. The Bertz CT molecular complexity index is 1010. The maximum Gasteiger partial charge on any atom is 0.270 e. The fourth-order valence-electron chi connectivity index (χ4n) is 3.80. The number of hydrogen-bond acceptors (Lipinski definition) is 3. The van der Waals surface area contributed by atoms with Gasteiger partial charge in [0.25, 0.3) is 11.8 Å².